The van der Waals surface area contributed by atoms with E-state index in [0.717, 1.165) is 156 Å². The molecule has 15 aromatic rings. The van der Waals surface area contributed by atoms with Gasteiger partial charge < -0.3 is 50.1 Å². The van der Waals surface area contributed by atoms with E-state index < -0.39 is 34.7 Å². The number of hydrogen-bond acceptors (Lipinski definition) is 16. The van der Waals surface area contributed by atoms with E-state index in [1.54, 1.807) is 47.2 Å². The average Bonchev–Trinajstić information content (AvgIpc) is 1.74. The fourth-order valence-corrected chi connectivity index (χ4v) is 18.6. The highest BCUT2D eigenvalue weighted by molar-refractivity contribution is 7.16. The van der Waals surface area contributed by atoms with Gasteiger partial charge in [0.05, 0.1) is 55.6 Å². The Morgan fingerprint density at radius 2 is 0.890 bits per heavy atom. The number of carbonyl (C=O) groups excluding carboxylic acids is 3. The SMILES string of the molecule is CCCCCCOc1ccc(-c2cc(-c3ccc(C4CC4)s3)c(-c3ncn[nH]3)c(=O)[nH]2)c(F)c1.CCCCOc1ccc(-c2cc(-c3ccc(CC)s3)c(C(=O)Nc3ccc(C)cc3)c(=O)[nH]2)cc1.CCCCOc1ccc(-c2cc(-c3cnn(C4CC4)c3)c(C(=O)Nc3ccc(C)cc3)c(=O)[nH]2)cc1.Cc1ccc(NC(=O)c2c(-c3cnn(C4CC4)c3)cc(C3CCCCC3)[nH]c2=O)cc1. The zero-order valence-corrected chi connectivity index (χ0v) is 79.5. The van der Waals surface area contributed by atoms with E-state index >= 15 is 4.39 Å². The molecule has 19 rings (SSSR count). The van der Waals surface area contributed by atoms with Crippen molar-refractivity contribution in [2.24, 2.45) is 0 Å². The van der Waals surface area contributed by atoms with E-state index in [4.69, 9.17) is 14.2 Å². The molecular formula is C109H115FN14O10S2. The van der Waals surface area contributed by atoms with Crippen molar-refractivity contribution in [1.82, 2.24) is 54.7 Å². The van der Waals surface area contributed by atoms with E-state index in [0.29, 0.717) is 123 Å². The van der Waals surface area contributed by atoms with E-state index in [1.807, 2.05) is 206 Å². The van der Waals surface area contributed by atoms with Crippen LogP contribution >= 0.6 is 22.7 Å². The van der Waals surface area contributed by atoms with Crippen LogP contribution < -0.4 is 52.4 Å². The van der Waals surface area contributed by atoms with Gasteiger partial charge in [0.25, 0.3) is 40.0 Å². The largest absolute Gasteiger partial charge is 0.494 e. The Kier molecular flexibility index (Phi) is 31.3. The van der Waals surface area contributed by atoms with Gasteiger partial charge >= 0.3 is 0 Å². The topological polar surface area (TPSA) is 324 Å². The summed E-state index contributed by atoms with van der Waals surface area (Å²) in [5.41, 5.74) is 13.2. The van der Waals surface area contributed by atoms with Gasteiger partial charge in [-0.15, -0.1) is 22.7 Å². The molecule has 0 atom stereocenters. The zero-order valence-electron chi connectivity index (χ0n) is 77.8. The second-order valence-corrected chi connectivity index (χ2v) is 37.6. The van der Waals surface area contributed by atoms with Gasteiger partial charge in [0.2, 0.25) is 0 Å². The third kappa shape index (κ3) is 24.3. The quantitative estimate of drug-likeness (QED) is 0.0177. The number of carbonyl (C=O) groups is 3. The first kappa shape index (κ1) is 95.0. The fourth-order valence-electron chi connectivity index (χ4n) is 16.4. The van der Waals surface area contributed by atoms with Crippen LogP contribution in [0.15, 0.2) is 238 Å². The van der Waals surface area contributed by atoms with Crippen LogP contribution in [0.1, 0.15) is 237 Å². The van der Waals surface area contributed by atoms with Crippen molar-refractivity contribution in [3.63, 3.8) is 0 Å². The maximum absolute atomic E-state index is 15.1. The number of aromatic amines is 5. The van der Waals surface area contributed by atoms with Crippen molar-refractivity contribution in [3.05, 3.63) is 315 Å². The molecule has 4 aliphatic rings. The lowest BCUT2D eigenvalue weighted by molar-refractivity contribution is 0.101. The Balaban J connectivity index is 0.000000132. The molecule has 8 N–H and O–H groups in total. The highest BCUT2D eigenvalue weighted by atomic mass is 32.1. The molecule has 0 aliphatic heterocycles. The van der Waals surface area contributed by atoms with Crippen molar-refractivity contribution in [1.29, 1.82) is 0 Å². The molecule has 27 heteroatoms. The molecule has 6 aromatic carbocycles. The summed E-state index contributed by atoms with van der Waals surface area (Å²) in [5, 5.41) is 24.3. The van der Waals surface area contributed by atoms with Crippen molar-refractivity contribution >= 4 is 57.5 Å². The first-order valence-electron chi connectivity index (χ1n) is 47.5. The minimum absolute atomic E-state index is 0.0641. The van der Waals surface area contributed by atoms with Gasteiger partial charge in [0.1, 0.15) is 46.1 Å². The minimum Gasteiger partial charge on any atom is -0.494 e. The number of benzene rings is 6. The van der Waals surface area contributed by atoms with E-state index in [1.165, 1.54) is 60.7 Å². The number of hydrogen-bond donors (Lipinski definition) is 8. The second kappa shape index (κ2) is 44.8. The molecule has 0 unspecified atom stereocenters. The van der Waals surface area contributed by atoms with E-state index in [-0.39, 0.29) is 27.8 Å². The van der Waals surface area contributed by atoms with Gasteiger partial charge in [-0.05, 0) is 266 Å². The molecule has 9 aromatic heterocycles. The second-order valence-electron chi connectivity index (χ2n) is 35.4. The van der Waals surface area contributed by atoms with Gasteiger partial charge in [0.15, 0.2) is 5.82 Å². The predicted molar refractivity (Wildman–Crippen MR) is 541 cm³/mol. The zero-order chi connectivity index (χ0) is 94.7. The van der Waals surface area contributed by atoms with Gasteiger partial charge in [-0.25, -0.2) is 9.37 Å². The van der Waals surface area contributed by atoms with Crippen LogP contribution in [0.25, 0.3) is 88.3 Å². The third-order valence-corrected chi connectivity index (χ3v) is 27.2. The van der Waals surface area contributed by atoms with Crippen LogP contribution in [0.3, 0.4) is 0 Å². The van der Waals surface area contributed by atoms with Crippen LogP contribution in [0, 0.1) is 26.6 Å². The molecule has 4 aliphatic carbocycles. The standard InChI is InChI=1S/C29H30N4O3.C29H30N2O3S.C26H27FN4O2S.C25H28N4O2/c1-3-4-15-36-24-13-7-20(8-14-24)26-16-25(21-17-30-33(18-21)23-11-12-23)27(29(35)32-26)28(34)31-22-9-5-19(2)6-10-22;1-4-6-17-34-22-13-9-20(10-14-22)25-18-24(26-16-15-23(5-2)35-26)27(29(33)31-25)28(32)30-21-11-7-19(3)8-12-21;1-2-3-4-5-12-33-17-8-9-18(20(27)13-17)21-14-19(23-11-10-22(34-23)16-6-7-16)24(26(32)30-21)25-28-15-29-31-25;1-16-7-9-19(10-8-16)27-24(30)23-21(18-14-26-29(15-18)20-11-12-20)13-22(28-25(23)31)17-5-3-2-4-6-17/h5-10,13-14,16-18,23H,3-4,11-12,15H2,1-2H3,(H,31,34)(H,32,35);7-16,18H,4-6,17H2,1-3H3,(H,30,32)(H,31,33);8-11,13-16H,2-7,12H2,1H3,(H,30,32)(H,28,29,31);7-10,13-15,17,20H,2-6,11-12H2,1H3,(H,27,30)(H,28,31). The number of nitrogens with zero attached hydrogens (tertiary/aromatic N) is 6. The van der Waals surface area contributed by atoms with Crippen molar-refractivity contribution in [2.75, 3.05) is 35.8 Å². The lowest BCUT2D eigenvalue weighted by atomic mass is 9.85. The molecular weight excluding hydrogens is 1750 g/mol. The lowest BCUT2D eigenvalue weighted by Gasteiger charge is -2.22. The lowest BCUT2D eigenvalue weighted by Crippen LogP contribution is -2.26. The number of rotatable bonds is 33. The van der Waals surface area contributed by atoms with E-state index in [2.05, 4.69) is 95.0 Å². The molecule has 0 spiro atoms. The summed E-state index contributed by atoms with van der Waals surface area (Å²) in [4.78, 5) is 113. The van der Waals surface area contributed by atoms with Gasteiger partial charge in [0, 0.05) is 111 Å². The number of aryl methyl sites for hydroxylation is 4. The number of thiophene rings is 2. The molecule has 4 fully saturated rings. The summed E-state index contributed by atoms with van der Waals surface area (Å²) in [7, 11) is 0. The average molecular weight is 1860 g/mol. The fraction of sp³-hybridized carbons (Fsp3) is 0.312. The summed E-state index contributed by atoms with van der Waals surface area (Å²) in [6, 6.07) is 59.2. The summed E-state index contributed by atoms with van der Waals surface area (Å²) in [6.07, 6.45) is 30.8. The first-order valence-corrected chi connectivity index (χ1v) is 49.1. The molecule has 0 radical (unpaired) electrons. The number of nitrogens with one attached hydrogen (secondary N) is 8. The van der Waals surface area contributed by atoms with Gasteiger partial charge in [-0.2, -0.15) is 15.3 Å². The number of aromatic nitrogens is 11. The number of H-pyrrole nitrogens is 5. The number of pyridine rings is 4. The minimum atomic E-state index is -0.458. The van der Waals surface area contributed by atoms with Crippen molar-refractivity contribution < 1.29 is 33.0 Å². The maximum atomic E-state index is 15.1. The normalized spacial score (nSPS) is 13.4. The highest BCUT2D eigenvalue weighted by Crippen LogP contribution is 2.47. The van der Waals surface area contributed by atoms with Crippen LogP contribution in [-0.2, 0) is 6.42 Å². The molecule has 0 bridgehead atoms. The predicted octanol–water partition coefficient (Wildman–Crippen LogP) is 24.8. The molecule has 136 heavy (non-hydrogen) atoms. The van der Waals surface area contributed by atoms with Crippen LogP contribution in [0.2, 0.25) is 0 Å². The summed E-state index contributed by atoms with van der Waals surface area (Å²) in [6.45, 7) is 16.4. The summed E-state index contributed by atoms with van der Waals surface area (Å²) < 4.78 is 36.2. The number of halogens is 1. The smallest absolute Gasteiger partial charge is 0.261 e. The molecule has 24 nitrogen and oxygen atoms in total. The number of ether oxygens (including phenoxy) is 3. The molecule has 0 saturated heterocycles. The molecule has 4 saturated carbocycles. The number of amides is 3. The van der Waals surface area contributed by atoms with Crippen molar-refractivity contribution in [2.45, 2.75) is 201 Å². The van der Waals surface area contributed by atoms with Crippen LogP contribution in [0.5, 0.6) is 17.2 Å². The monoisotopic (exact) mass is 1860 g/mol. The van der Waals surface area contributed by atoms with Crippen molar-refractivity contribution in [3.8, 4) is 106 Å². The van der Waals surface area contributed by atoms with Crippen LogP contribution in [0.4, 0.5) is 21.5 Å². The number of anilines is 3. The summed E-state index contributed by atoms with van der Waals surface area (Å²) in [5.74, 6) is 1.69. The highest BCUT2D eigenvalue weighted by Gasteiger charge is 2.32. The van der Waals surface area contributed by atoms with Crippen LogP contribution in [-0.4, -0.2) is 92.2 Å². The number of unbranched alkanes of at least 4 members (excludes halogenated alkanes) is 5. The molecule has 3 amide bonds. The van der Waals surface area contributed by atoms with Gasteiger partial charge in [-0.3, -0.25) is 48.0 Å². The Bertz CT molecular complexity index is 6890. The van der Waals surface area contributed by atoms with Gasteiger partial charge in [-0.1, -0.05) is 132 Å². The Hall–Kier alpha value is -14.2. The third-order valence-electron chi connectivity index (χ3n) is 24.6. The summed E-state index contributed by atoms with van der Waals surface area (Å²) >= 11 is 3.27. The Labute approximate surface area is 797 Å². The maximum Gasteiger partial charge on any atom is 0.261 e. The van der Waals surface area contributed by atoms with E-state index in [9.17, 15) is 33.6 Å². The molecule has 9 heterocycles. The molecule has 700 valence electrons. The first-order chi connectivity index (χ1) is 66.2. The Morgan fingerprint density at radius 3 is 1.38 bits per heavy atom. The Morgan fingerprint density at radius 1 is 0.426 bits per heavy atom.